The molecule has 4 nitrogen and oxygen atoms in total. The zero-order chi connectivity index (χ0) is 14.5. The van der Waals surface area contributed by atoms with Crippen molar-refractivity contribution in [3.8, 4) is 5.75 Å². The maximum Gasteiger partial charge on any atom is 0.269 e. The topological polar surface area (TPSA) is 52.4 Å². The molecule has 2 rings (SSSR count). The first-order valence-corrected chi connectivity index (χ1v) is 7.51. The second-order valence-corrected chi connectivity index (χ2v) is 5.91. The van der Waals surface area contributed by atoms with E-state index in [4.69, 9.17) is 16.3 Å². The number of nitrogens with zero attached hydrogens (tertiary/aromatic N) is 1. The SMILES string of the molecule is COc1ccc([N+](=O)[O-])cc1CCC(Cl)C1CCCC1. The van der Waals surface area contributed by atoms with Crippen LogP contribution in [0.15, 0.2) is 18.2 Å². The summed E-state index contributed by atoms with van der Waals surface area (Å²) in [6, 6.07) is 4.72. The molecule has 1 aromatic carbocycles. The average molecular weight is 298 g/mol. The summed E-state index contributed by atoms with van der Waals surface area (Å²) < 4.78 is 5.27. The third-order valence-corrected chi connectivity index (χ3v) is 4.65. The maximum absolute atomic E-state index is 10.8. The van der Waals surface area contributed by atoms with Crippen molar-refractivity contribution in [3.63, 3.8) is 0 Å². The summed E-state index contributed by atoms with van der Waals surface area (Å²) in [4.78, 5) is 10.5. The lowest BCUT2D eigenvalue weighted by Crippen LogP contribution is -2.12. The van der Waals surface area contributed by atoms with Crippen LogP contribution < -0.4 is 4.74 Å². The summed E-state index contributed by atoms with van der Waals surface area (Å²) in [7, 11) is 1.58. The van der Waals surface area contributed by atoms with Gasteiger partial charge in [-0.25, -0.2) is 0 Å². The fourth-order valence-corrected chi connectivity index (χ4v) is 3.28. The Labute approximate surface area is 124 Å². The highest BCUT2D eigenvalue weighted by Gasteiger charge is 2.23. The average Bonchev–Trinajstić information content (AvgIpc) is 2.98. The van der Waals surface area contributed by atoms with Gasteiger partial charge in [-0.1, -0.05) is 12.8 Å². The van der Waals surface area contributed by atoms with Gasteiger partial charge in [-0.3, -0.25) is 10.1 Å². The van der Waals surface area contributed by atoms with Crippen LogP contribution in [0.2, 0.25) is 0 Å². The Bertz CT molecular complexity index is 472. The Kier molecular flexibility index (Phi) is 5.24. The molecule has 0 bridgehead atoms. The zero-order valence-corrected chi connectivity index (χ0v) is 12.4. The van der Waals surface area contributed by atoms with E-state index in [-0.39, 0.29) is 16.0 Å². The molecule has 5 heteroatoms. The number of halogens is 1. The molecule has 1 unspecified atom stereocenters. The number of aryl methyl sites for hydroxylation is 1. The van der Waals surface area contributed by atoms with E-state index in [2.05, 4.69) is 0 Å². The Morgan fingerprint density at radius 2 is 2.15 bits per heavy atom. The first-order chi connectivity index (χ1) is 9.61. The number of nitro groups is 1. The molecule has 1 saturated carbocycles. The molecule has 1 aromatic rings. The van der Waals surface area contributed by atoms with E-state index in [9.17, 15) is 10.1 Å². The summed E-state index contributed by atoms with van der Waals surface area (Å²) in [5.74, 6) is 1.30. The number of nitro benzene ring substituents is 1. The van der Waals surface area contributed by atoms with Crippen LogP contribution in [-0.4, -0.2) is 17.4 Å². The van der Waals surface area contributed by atoms with Gasteiger partial charge in [-0.05, 0) is 37.7 Å². The first-order valence-electron chi connectivity index (χ1n) is 7.07. The minimum Gasteiger partial charge on any atom is -0.496 e. The summed E-state index contributed by atoms with van der Waals surface area (Å²) in [5.41, 5.74) is 0.970. The van der Waals surface area contributed by atoms with Crippen molar-refractivity contribution in [1.29, 1.82) is 0 Å². The highest BCUT2D eigenvalue weighted by molar-refractivity contribution is 6.20. The van der Waals surface area contributed by atoms with Crippen LogP contribution in [0, 0.1) is 16.0 Å². The Morgan fingerprint density at radius 1 is 1.45 bits per heavy atom. The minimum atomic E-state index is -0.377. The lowest BCUT2D eigenvalue weighted by Gasteiger charge is -2.17. The number of methoxy groups -OCH3 is 1. The third kappa shape index (κ3) is 3.63. The van der Waals surface area contributed by atoms with Crippen LogP contribution in [0.5, 0.6) is 5.75 Å². The molecular weight excluding hydrogens is 278 g/mol. The van der Waals surface area contributed by atoms with Gasteiger partial charge in [-0.15, -0.1) is 11.6 Å². The summed E-state index contributed by atoms with van der Waals surface area (Å²) in [6.45, 7) is 0. The van der Waals surface area contributed by atoms with Gasteiger partial charge >= 0.3 is 0 Å². The van der Waals surface area contributed by atoms with Crippen LogP contribution in [0.4, 0.5) is 5.69 Å². The predicted octanol–water partition coefficient (Wildman–Crippen LogP) is 4.33. The third-order valence-electron chi connectivity index (χ3n) is 4.08. The number of ether oxygens (including phenoxy) is 1. The highest BCUT2D eigenvalue weighted by atomic mass is 35.5. The van der Waals surface area contributed by atoms with E-state index in [1.807, 2.05) is 0 Å². The summed E-state index contributed by atoms with van der Waals surface area (Å²) >= 11 is 6.46. The van der Waals surface area contributed by atoms with Gasteiger partial charge in [0, 0.05) is 23.1 Å². The molecule has 0 heterocycles. The molecule has 0 aromatic heterocycles. The molecule has 0 spiro atoms. The molecule has 0 amide bonds. The van der Waals surface area contributed by atoms with E-state index in [1.165, 1.54) is 31.7 Å². The molecule has 1 aliphatic rings. The van der Waals surface area contributed by atoms with Crippen LogP contribution in [0.3, 0.4) is 0 Å². The molecule has 0 saturated heterocycles. The Hall–Kier alpha value is -1.29. The normalized spacial score (nSPS) is 17.1. The second-order valence-electron chi connectivity index (χ2n) is 5.35. The summed E-state index contributed by atoms with van der Waals surface area (Å²) in [5, 5.41) is 11.0. The monoisotopic (exact) mass is 297 g/mol. The Balaban J connectivity index is 2.03. The summed E-state index contributed by atoms with van der Waals surface area (Å²) in [6.07, 6.45) is 6.52. The van der Waals surface area contributed by atoms with E-state index >= 15 is 0 Å². The zero-order valence-electron chi connectivity index (χ0n) is 11.7. The van der Waals surface area contributed by atoms with Gasteiger partial charge in [0.05, 0.1) is 12.0 Å². The molecular formula is C15H20ClNO3. The number of hydrogen-bond donors (Lipinski definition) is 0. The van der Waals surface area contributed by atoms with E-state index in [0.29, 0.717) is 11.7 Å². The van der Waals surface area contributed by atoms with Gasteiger partial charge < -0.3 is 4.74 Å². The highest BCUT2D eigenvalue weighted by Crippen LogP contribution is 2.34. The quantitative estimate of drug-likeness (QED) is 0.446. The molecule has 110 valence electrons. The second kappa shape index (κ2) is 6.93. The van der Waals surface area contributed by atoms with Crippen LogP contribution in [-0.2, 0) is 6.42 Å². The van der Waals surface area contributed by atoms with Gasteiger partial charge in [-0.2, -0.15) is 0 Å². The van der Waals surface area contributed by atoms with Crippen molar-refractivity contribution in [2.24, 2.45) is 5.92 Å². The van der Waals surface area contributed by atoms with Gasteiger partial charge in [0.15, 0.2) is 0 Å². The van der Waals surface area contributed by atoms with Crippen LogP contribution >= 0.6 is 11.6 Å². The van der Waals surface area contributed by atoms with Gasteiger partial charge in [0.1, 0.15) is 5.75 Å². The number of benzene rings is 1. The lowest BCUT2D eigenvalue weighted by molar-refractivity contribution is -0.384. The molecule has 20 heavy (non-hydrogen) atoms. The standard InChI is InChI=1S/C15H20ClNO3/c1-20-15-9-7-13(17(18)19)10-12(15)6-8-14(16)11-4-2-3-5-11/h7,9-11,14H,2-6,8H2,1H3. The Morgan fingerprint density at radius 3 is 2.75 bits per heavy atom. The maximum atomic E-state index is 10.8. The fraction of sp³-hybridized carbons (Fsp3) is 0.600. The van der Waals surface area contributed by atoms with Crippen molar-refractivity contribution in [2.45, 2.75) is 43.9 Å². The molecule has 1 aliphatic carbocycles. The van der Waals surface area contributed by atoms with Gasteiger partial charge in [0.2, 0.25) is 0 Å². The first kappa shape index (κ1) is 15.1. The van der Waals surface area contributed by atoms with Crippen LogP contribution in [0.1, 0.15) is 37.7 Å². The van der Waals surface area contributed by atoms with E-state index in [0.717, 1.165) is 18.4 Å². The predicted molar refractivity (Wildman–Crippen MR) is 79.6 cm³/mol. The molecule has 0 N–H and O–H groups in total. The molecule has 1 atom stereocenters. The number of hydrogen-bond acceptors (Lipinski definition) is 3. The molecule has 1 fully saturated rings. The number of non-ortho nitro benzene ring substituents is 1. The molecule has 0 radical (unpaired) electrons. The van der Waals surface area contributed by atoms with E-state index < -0.39 is 0 Å². The smallest absolute Gasteiger partial charge is 0.269 e. The van der Waals surface area contributed by atoms with E-state index in [1.54, 1.807) is 19.2 Å². The number of alkyl halides is 1. The van der Waals surface area contributed by atoms with Crippen molar-refractivity contribution < 1.29 is 9.66 Å². The van der Waals surface area contributed by atoms with Crippen molar-refractivity contribution >= 4 is 17.3 Å². The van der Waals surface area contributed by atoms with Crippen molar-refractivity contribution in [3.05, 3.63) is 33.9 Å². The van der Waals surface area contributed by atoms with Crippen LogP contribution in [0.25, 0.3) is 0 Å². The molecule has 0 aliphatic heterocycles. The lowest BCUT2D eigenvalue weighted by atomic mass is 9.97. The minimum absolute atomic E-state index is 0.104. The van der Waals surface area contributed by atoms with Crippen molar-refractivity contribution in [1.82, 2.24) is 0 Å². The van der Waals surface area contributed by atoms with Gasteiger partial charge in [0.25, 0.3) is 5.69 Å². The number of rotatable bonds is 6. The fourth-order valence-electron chi connectivity index (χ4n) is 2.92. The van der Waals surface area contributed by atoms with Crippen molar-refractivity contribution in [2.75, 3.05) is 7.11 Å². The largest absolute Gasteiger partial charge is 0.496 e.